The lowest BCUT2D eigenvalue weighted by atomic mass is 9.65. The van der Waals surface area contributed by atoms with Gasteiger partial charge in [0.25, 0.3) is 0 Å². The lowest BCUT2D eigenvalue weighted by molar-refractivity contribution is -0.144. The molecule has 6 N–H and O–H groups in total. The SMILES string of the molecule is CC1=CCC[C@@H](C)[C@]1(C)CC/C(=C/CO[C@@H]([C@H](O)[C@H](O)CO)[C@H](O)CO)CO. The van der Waals surface area contributed by atoms with Crippen molar-refractivity contribution in [2.75, 3.05) is 26.4 Å². The maximum absolute atomic E-state index is 9.98. The number of aliphatic hydroxyl groups is 6. The van der Waals surface area contributed by atoms with E-state index < -0.39 is 37.6 Å². The van der Waals surface area contributed by atoms with Crippen molar-refractivity contribution in [1.29, 1.82) is 0 Å². The zero-order valence-electron chi connectivity index (χ0n) is 17.3. The van der Waals surface area contributed by atoms with E-state index in [1.807, 2.05) is 0 Å². The molecule has 0 amide bonds. The van der Waals surface area contributed by atoms with Gasteiger partial charge in [-0.15, -0.1) is 0 Å². The van der Waals surface area contributed by atoms with Crippen LogP contribution in [0, 0.1) is 11.3 Å². The summed E-state index contributed by atoms with van der Waals surface area (Å²) in [6.07, 6.45) is 2.14. The van der Waals surface area contributed by atoms with Crippen LogP contribution in [0.25, 0.3) is 0 Å². The van der Waals surface area contributed by atoms with Gasteiger partial charge in [0.05, 0.1) is 26.4 Å². The molecule has 7 nitrogen and oxygen atoms in total. The number of aliphatic hydroxyl groups excluding tert-OH is 6. The van der Waals surface area contributed by atoms with E-state index in [9.17, 15) is 20.4 Å². The van der Waals surface area contributed by atoms with E-state index >= 15 is 0 Å². The van der Waals surface area contributed by atoms with Crippen LogP contribution in [0.5, 0.6) is 0 Å². The molecule has 0 saturated carbocycles. The predicted molar refractivity (Wildman–Crippen MR) is 107 cm³/mol. The normalized spacial score (nSPS) is 27.8. The standard InChI is InChI=1S/C21H38O7/c1-14-5-4-6-15(2)21(14,3)9-7-16(11-22)8-10-28-20(18(26)13-24)19(27)17(25)12-23/h5,8,15,17-20,22-27H,4,6-7,9-13H2,1-3H3/b16-8-/t15-,17-,18-,19-,20-,21-/m1/s1. The molecule has 0 aliphatic heterocycles. The first-order valence-electron chi connectivity index (χ1n) is 10.0. The second kappa shape index (κ2) is 12.0. The molecule has 1 aliphatic carbocycles. The fourth-order valence-corrected chi connectivity index (χ4v) is 3.74. The van der Waals surface area contributed by atoms with E-state index in [2.05, 4.69) is 26.8 Å². The summed E-state index contributed by atoms with van der Waals surface area (Å²) in [5.74, 6) is 0.563. The Morgan fingerprint density at radius 2 is 1.86 bits per heavy atom. The van der Waals surface area contributed by atoms with Gasteiger partial charge in [-0.25, -0.2) is 0 Å². The Bertz CT molecular complexity index is 519. The van der Waals surface area contributed by atoms with E-state index in [4.69, 9.17) is 14.9 Å². The van der Waals surface area contributed by atoms with Crippen molar-refractivity contribution in [3.05, 3.63) is 23.3 Å². The summed E-state index contributed by atoms with van der Waals surface area (Å²) >= 11 is 0. The number of hydrogen-bond donors (Lipinski definition) is 6. The van der Waals surface area contributed by atoms with Crippen molar-refractivity contribution in [2.24, 2.45) is 11.3 Å². The number of hydrogen-bond acceptors (Lipinski definition) is 7. The number of allylic oxidation sites excluding steroid dienone is 2. The molecule has 1 aliphatic rings. The molecule has 0 aromatic rings. The van der Waals surface area contributed by atoms with Crippen LogP contribution in [-0.4, -0.2) is 81.5 Å². The maximum atomic E-state index is 9.98. The Hall–Kier alpha value is -0.800. The summed E-state index contributed by atoms with van der Waals surface area (Å²) in [6.45, 7) is 5.21. The van der Waals surface area contributed by atoms with Gasteiger partial charge in [-0.05, 0) is 49.5 Å². The van der Waals surface area contributed by atoms with E-state index in [0.29, 0.717) is 12.3 Å². The van der Waals surface area contributed by atoms with Gasteiger partial charge in [-0.2, -0.15) is 0 Å². The molecule has 0 saturated heterocycles. The Morgan fingerprint density at radius 3 is 2.39 bits per heavy atom. The zero-order chi connectivity index (χ0) is 21.3. The molecule has 0 unspecified atom stereocenters. The average Bonchev–Trinajstić information content (AvgIpc) is 2.70. The van der Waals surface area contributed by atoms with Crippen LogP contribution in [0.3, 0.4) is 0 Å². The van der Waals surface area contributed by atoms with Crippen molar-refractivity contribution in [3.8, 4) is 0 Å². The molecule has 0 spiro atoms. The van der Waals surface area contributed by atoms with Gasteiger partial charge in [0.1, 0.15) is 24.4 Å². The summed E-state index contributed by atoms with van der Waals surface area (Å²) in [4.78, 5) is 0. The van der Waals surface area contributed by atoms with Gasteiger partial charge >= 0.3 is 0 Å². The lowest BCUT2D eigenvalue weighted by Crippen LogP contribution is -2.48. The van der Waals surface area contributed by atoms with Crippen molar-refractivity contribution < 1.29 is 35.4 Å². The van der Waals surface area contributed by atoms with Gasteiger partial charge in [-0.3, -0.25) is 0 Å². The molecule has 1 rings (SSSR count). The molecule has 164 valence electrons. The molecule has 0 bridgehead atoms. The van der Waals surface area contributed by atoms with Crippen molar-refractivity contribution in [1.82, 2.24) is 0 Å². The Labute approximate surface area is 168 Å². The third kappa shape index (κ3) is 6.62. The molecule has 0 aromatic heterocycles. The zero-order valence-corrected chi connectivity index (χ0v) is 17.3. The van der Waals surface area contributed by atoms with Crippen LogP contribution in [-0.2, 0) is 4.74 Å². The topological polar surface area (TPSA) is 131 Å². The molecule has 0 fully saturated rings. The predicted octanol–water partition coefficient (Wildman–Crippen LogP) is 0.520. The molecule has 6 atom stereocenters. The highest BCUT2D eigenvalue weighted by Gasteiger charge is 2.34. The van der Waals surface area contributed by atoms with E-state index in [0.717, 1.165) is 24.8 Å². The van der Waals surface area contributed by atoms with Crippen molar-refractivity contribution in [3.63, 3.8) is 0 Å². The molecule has 0 radical (unpaired) electrons. The smallest absolute Gasteiger partial charge is 0.114 e. The Morgan fingerprint density at radius 1 is 1.21 bits per heavy atom. The maximum Gasteiger partial charge on any atom is 0.114 e. The monoisotopic (exact) mass is 402 g/mol. The summed E-state index contributed by atoms with van der Waals surface area (Å²) < 4.78 is 5.44. The Balaban J connectivity index is 2.70. The van der Waals surface area contributed by atoms with Gasteiger partial charge < -0.3 is 35.4 Å². The summed E-state index contributed by atoms with van der Waals surface area (Å²) in [5, 5.41) is 57.1. The quantitative estimate of drug-likeness (QED) is 0.262. The number of ether oxygens (including phenoxy) is 1. The second-order valence-electron chi connectivity index (χ2n) is 8.09. The molecule has 7 heteroatoms. The van der Waals surface area contributed by atoms with Crippen molar-refractivity contribution in [2.45, 2.75) is 70.9 Å². The Kier molecular flexibility index (Phi) is 10.8. The molecule has 0 aromatic carbocycles. The van der Waals surface area contributed by atoms with Gasteiger partial charge in [-0.1, -0.05) is 31.6 Å². The summed E-state index contributed by atoms with van der Waals surface area (Å²) in [5.41, 5.74) is 2.26. The van der Waals surface area contributed by atoms with Crippen LogP contribution in [0.15, 0.2) is 23.3 Å². The largest absolute Gasteiger partial charge is 0.394 e. The summed E-state index contributed by atoms with van der Waals surface area (Å²) in [6, 6.07) is 0. The minimum Gasteiger partial charge on any atom is -0.394 e. The fraction of sp³-hybridized carbons (Fsp3) is 0.810. The third-order valence-corrected chi connectivity index (χ3v) is 6.35. The van der Waals surface area contributed by atoms with Crippen LogP contribution in [0.1, 0.15) is 46.5 Å². The van der Waals surface area contributed by atoms with Crippen LogP contribution >= 0.6 is 0 Å². The van der Waals surface area contributed by atoms with Crippen LogP contribution < -0.4 is 0 Å². The first kappa shape index (κ1) is 25.2. The average molecular weight is 403 g/mol. The van der Waals surface area contributed by atoms with Gasteiger partial charge in [0.15, 0.2) is 0 Å². The summed E-state index contributed by atoms with van der Waals surface area (Å²) in [7, 11) is 0. The van der Waals surface area contributed by atoms with E-state index in [1.165, 1.54) is 5.57 Å². The first-order valence-corrected chi connectivity index (χ1v) is 10.0. The highest BCUT2D eigenvalue weighted by atomic mass is 16.5. The van der Waals surface area contributed by atoms with E-state index in [1.54, 1.807) is 6.08 Å². The minimum atomic E-state index is -1.55. The van der Waals surface area contributed by atoms with Crippen LogP contribution in [0.4, 0.5) is 0 Å². The fourth-order valence-electron chi connectivity index (χ4n) is 3.74. The first-order chi connectivity index (χ1) is 13.2. The molecular formula is C21H38O7. The van der Waals surface area contributed by atoms with Gasteiger partial charge in [0, 0.05) is 0 Å². The second-order valence-corrected chi connectivity index (χ2v) is 8.09. The lowest BCUT2D eigenvalue weighted by Gasteiger charge is -2.40. The highest BCUT2D eigenvalue weighted by Crippen LogP contribution is 2.45. The van der Waals surface area contributed by atoms with Gasteiger partial charge in [0.2, 0.25) is 0 Å². The molecule has 0 heterocycles. The highest BCUT2D eigenvalue weighted by molar-refractivity contribution is 5.17. The molecular weight excluding hydrogens is 364 g/mol. The minimum absolute atomic E-state index is 0.00603. The van der Waals surface area contributed by atoms with Crippen LogP contribution in [0.2, 0.25) is 0 Å². The third-order valence-electron chi connectivity index (χ3n) is 6.35. The molecule has 28 heavy (non-hydrogen) atoms. The number of rotatable bonds is 12. The van der Waals surface area contributed by atoms with Crippen molar-refractivity contribution >= 4 is 0 Å². The van der Waals surface area contributed by atoms with E-state index in [-0.39, 0.29) is 18.6 Å².